The number of benzene rings is 2. The average molecular weight is 380 g/mol. The highest BCUT2D eigenvalue weighted by Gasteiger charge is 2.13. The van der Waals surface area contributed by atoms with Gasteiger partial charge >= 0.3 is 0 Å². The summed E-state index contributed by atoms with van der Waals surface area (Å²) in [5.74, 6) is 2.08. The number of nitrogens with zero attached hydrogens (tertiary/aromatic N) is 3. The summed E-state index contributed by atoms with van der Waals surface area (Å²) in [7, 11) is 0. The first-order valence-corrected chi connectivity index (χ1v) is 10.2. The number of fused-ring (bicyclic) bond motifs is 1. The lowest BCUT2D eigenvalue weighted by molar-refractivity contribution is 0.0374. The largest absolute Gasteiger partial charge is 0.492 e. The van der Waals surface area contributed by atoms with E-state index in [0.717, 1.165) is 69.3 Å². The van der Waals surface area contributed by atoms with Crippen LogP contribution in [-0.4, -0.2) is 53.9 Å². The second-order valence-corrected chi connectivity index (χ2v) is 7.39. The second kappa shape index (κ2) is 9.22. The van der Waals surface area contributed by atoms with Gasteiger partial charge in [0.15, 0.2) is 0 Å². The summed E-state index contributed by atoms with van der Waals surface area (Å²) >= 11 is 0. The smallest absolute Gasteiger partial charge is 0.119 e. The van der Waals surface area contributed by atoms with E-state index in [4.69, 9.17) is 14.5 Å². The van der Waals surface area contributed by atoms with Crippen LogP contribution >= 0.6 is 0 Å². The fourth-order valence-corrected chi connectivity index (χ4v) is 3.81. The van der Waals surface area contributed by atoms with Gasteiger partial charge in [0.1, 0.15) is 18.2 Å². The third kappa shape index (κ3) is 4.72. The normalized spacial score (nSPS) is 15.2. The molecule has 0 amide bonds. The molecule has 2 aromatic carbocycles. The van der Waals surface area contributed by atoms with Gasteiger partial charge in [0, 0.05) is 19.5 Å². The minimum absolute atomic E-state index is 0.639. The van der Waals surface area contributed by atoms with Gasteiger partial charge in [-0.05, 0) is 49.7 Å². The molecule has 28 heavy (non-hydrogen) atoms. The zero-order chi connectivity index (χ0) is 19.2. The van der Waals surface area contributed by atoms with Crippen LogP contribution in [0.1, 0.15) is 17.8 Å². The predicted molar refractivity (Wildman–Crippen MR) is 112 cm³/mol. The van der Waals surface area contributed by atoms with Gasteiger partial charge < -0.3 is 14.0 Å². The van der Waals surface area contributed by atoms with Crippen molar-refractivity contribution in [2.45, 2.75) is 26.3 Å². The molecule has 0 aliphatic carbocycles. The van der Waals surface area contributed by atoms with E-state index in [2.05, 4.69) is 52.8 Å². The van der Waals surface area contributed by atoms with Gasteiger partial charge in [0.05, 0.1) is 30.8 Å². The van der Waals surface area contributed by atoms with Gasteiger partial charge in [-0.2, -0.15) is 0 Å². The van der Waals surface area contributed by atoms with Crippen molar-refractivity contribution < 1.29 is 9.47 Å². The molecule has 0 bridgehead atoms. The number of rotatable bonds is 8. The molecule has 5 nitrogen and oxygen atoms in total. The zero-order valence-electron chi connectivity index (χ0n) is 16.6. The second-order valence-electron chi connectivity index (χ2n) is 7.39. The van der Waals surface area contributed by atoms with Crippen molar-refractivity contribution in [1.82, 2.24) is 14.5 Å². The molecule has 148 valence electrons. The lowest BCUT2D eigenvalue weighted by Crippen LogP contribution is -2.37. The first-order chi connectivity index (χ1) is 13.8. The maximum absolute atomic E-state index is 5.99. The van der Waals surface area contributed by atoms with Crippen molar-refractivity contribution in [3.05, 3.63) is 59.9 Å². The van der Waals surface area contributed by atoms with E-state index in [1.807, 2.05) is 12.1 Å². The molecule has 0 unspecified atom stereocenters. The number of aryl methyl sites for hydroxylation is 2. The number of ether oxygens (including phenoxy) is 2. The van der Waals surface area contributed by atoms with Gasteiger partial charge in [0.25, 0.3) is 0 Å². The number of hydrogen-bond acceptors (Lipinski definition) is 4. The molecule has 4 rings (SSSR count). The number of aromatic nitrogens is 2. The number of hydrogen-bond donors (Lipinski definition) is 0. The average Bonchev–Trinajstić information content (AvgIpc) is 3.07. The molecule has 0 radical (unpaired) electrons. The Morgan fingerprint density at radius 2 is 1.89 bits per heavy atom. The molecular weight excluding hydrogens is 350 g/mol. The van der Waals surface area contributed by atoms with E-state index >= 15 is 0 Å². The Kier molecular flexibility index (Phi) is 6.24. The monoisotopic (exact) mass is 379 g/mol. The molecular formula is C23H29N3O2. The minimum atomic E-state index is 0.639. The summed E-state index contributed by atoms with van der Waals surface area (Å²) in [5, 5.41) is 0. The molecule has 5 heteroatoms. The first-order valence-electron chi connectivity index (χ1n) is 10.2. The van der Waals surface area contributed by atoms with Crippen molar-refractivity contribution >= 4 is 11.0 Å². The van der Waals surface area contributed by atoms with Crippen LogP contribution in [-0.2, 0) is 17.7 Å². The van der Waals surface area contributed by atoms with Crippen LogP contribution in [0.25, 0.3) is 11.0 Å². The summed E-state index contributed by atoms with van der Waals surface area (Å²) in [5.41, 5.74) is 3.48. The standard InChI is InChI=1S/C23H29N3O2/c1-19-6-4-7-20(18-19)28-17-14-26-22-9-3-2-8-21(22)24-23(26)10-5-11-25-12-15-27-16-13-25/h2-4,6-9,18H,5,10-17H2,1H3. The van der Waals surface area contributed by atoms with Gasteiger partial charge in [0.2, 0.25) is 0 Å². The number of para-hydroxylation sites is 2. The van der Waals surface area contributed by atoms with E-state index in [1.165, 1.54) is 11.1 Å². The fourth-order valence-electron chi connectivity index (χ4n) is 3.81. The highest BCUT2D eigenvalue weighted by atomic mass is 16.5. The van der Waals surface area contributed by atoms with Gasteiger partial charge in [-0.15, -0.1) is 0 Å². The molecule has 1 fully saturated rings. The number of morpholine rings is 1. The van der Waals surface area contributed by atoms with E-state index in [9.17, 15) is 0 Å². The SMILES string of the molecule is Cc1cccc(OCCn2c(CCCN3CCOCC3)nc3ccccc32)c1. The Bertz CT molecular complexity index is 900. The van der Waals surface area contributed by atoms with Crippen LogP contribution in [0.15, 0.2) is 48.5 Å². The summed E-state index contributed by atoms with van der Waals surface area (Å²) < 4.78 is 13.8. The molecule has 1 aromatic heterocycles. The summed E-state index contributed by atoms with van der Waals surface area (Å²) in [6.07, 6.45) is 2.10. The molecule has 0 spiro atoms. The summed E-state index contributed by atoms with van der Waals surface area (Å²) in [4.78, 5) is 7.38. The molecule has 0 saturated carbocycles. The van der Waals surface area contributed by atoms with Crippen molar-refractivity contribution in [2.24, 2.45) is 0 Å². The van der Waals surface area contributed by atoms with Gasteiger partial charge in [-0.25, -0.2) is 4.98 Å². The van der Waals surface area contributed by atoms with Crippen molar-refractivity contribution in [1.29, 1.82) is 0 Å². The molecule has 1 aliphatic rings. The van der Waals surface area contributed by atoms with Crippen LogP contribution in [0.3, 0.4) is 0 Å². The van der Waals surface area contributed by atoms with E-state index < -0.39 is 0 Å². The van der Waals surface area contributed by atoms with E-state index in [1.54, 1.807) is 0 Å². The molecule has 1 aliphatic heterocycles. The fraction of sp³-hybridized carbons (Fsp3) is 0.435. The molecule has 2 heterocycles. The summed E-state index contributed by atoms with van der Waals surface area (Å²) in [6.45, 7) is 8.43. The number of imidazole rings is 1. The maximum Gasteiger partial charge on any atom is 0.119 e. The van der Waals surface area contributed by atoms with E-state index in [0.29, 0.717) is 6.61 Å². The Balaban J connectivity index is 1.40. The maximum atomic E-state index is 5.99. The highest BCUT2D eigenvalue weighted by Crippen LogP contribution is 2.18. The predicted octanol–water partition coefficient (Wildman–Crippen LogP) is 3.69. The van der Waals surface area contributed by atoms with Crippen LogP contribution in [0, 0.1) is 6.92 Å². The molecule has 0 atom stereocenters. The van der Waals surface area contributed by atoms with Crippen LogP contribution < -0.4 is 4.74 Å². The van der Waals surface area contributed by atoms with Gasteiger partial charge in [-0.3, -0.25) is 4.90 Å². The topological polar surface area (TPSA) is 39.5 Å². The molecule has 1 saturated heterocycles. The quantitative estimate of drug-likeness (QED) is 0.598. The first kappa shape index (κ1) is 19.0. The lowest BCUT2D eigenvalue weighted by atomic mass is 10.2. The Hall–Kier alpha value is -2.37. The Morgan fingerprint density at radius 3 is 2.75 bits per heavy atom. The Labute approximate surface area is 166 Å². The Morgan fingerprint density at radius 1 is 1.04 bits per heavy atom. The highest BCUT2D eigenvalue weighted by molar-refractivity contribution is 5.75. The van der Waals surface area contributed by atoms with Crippen LogP contribution in [0.2, 0.25) is 0 Å². The minimum Gasteiger partial charge on any atom is -0.492 e. The molecule has 3 aromatic rings. The zero-order valence-corrected chi connectivity index (χ0v) is 16.6. The third-order valence-corrected chi connectivity index (χ3v) is 5.29. The third-order valence-electron chi connectivity index (χ3n) is 5.29. The van der Waals surface area contributed by atoms with Crippen molar-refractivity contribution in [2.75, 3.05) is 39.5 Å². The van der Waals surface area contributed by atoms with Crippen molar-refractivity contribution in [3.8, 4) is 5.75 Å². The van der Waals surface area contributed by atoms with Crippen LogP contribution in [0.4, 0.5) is 0 Å². The molecule has 0 N–H and O–H groups in total. The van der Waals surface area contributed by atoms with E-state index in [-0.39, 0.29) is 0 Å². The van der Waals surface area contributed by atoms with Crippen molar-refractivity contribution in [3.63, 3.8) is 0 Å². The summed E-state index contributed by atoms with van der Waals surface area (Å²) in [6, 6.07) is 16.6. The lowest BCUT2D eigenvalue weighted by Gasteiger charge is -2.26. The van der Waals surface area contributed by atoms with Crippen LogP contribution in [0.5, 0.6) is 5.75 Å². The van der Waals surface area contributed by atoms with Gasteiger partial charge in [-0.1, -0.05) is 24.3 Å².